The summed E-state index contributed by atoms with van der Waals surface area (Å²) in [5, 5.41) is 3.77. The minimum absolute atomic E-state index is 0.263. The van der Waals surface area contributed by atoms with E-state index in [1.165, 1.54) is 0 Å². The van der Waals surface area contributed by atoms with Crippen LogP contribution in [0.2, 0.25) is 0 Å². The molecule has 118 valence electrons. The van der Waals surface area contributed by atoms with Crippen LogP contribution in [0.4, 0.5) is 0 Å². The number of carbonyl (C=O) groups excluding carboxylic acids is 1. The van der Waals surface area contributed by atoms with E-state index in [9.17, 15) is 4.79 Å². The number of rotatable bonds is 3. The Bertz CT molecular complexity index is 593. The second kappa shape index (κ2) is 6.39. The summed E-state index contributed by atoms with van der Waals surface area (Å²) in [6, 6.07) is 5.48. The summed E-state index contributed by atoms with van der Waals surface area (Å²) < 4.78 is 10.6. The Kier molecular flexibility index (Phi) is 4.33. The van der Waals surface area contributed by atoms with Gasteiger partial charge < -0.3 is 25.4 Å². The second-order valence-electron chi connectivity index (χ2n) is 5.45. The molecule has 1 fully saturated rings. The van der Waals surface area contributed by atoms with Crippen LogP contribution in [0.25, 0.3) is 0 Å². The number of nitrogens with zero attached hydrogens (tertiary/aromatic N) is 1. The van der Waals surface area contributed by atoms with Gasteiger partial charge in [-0.2, -0.15) is 0 Å². The van der Waals surface area contributed by atoms with E-state index in [0.29, 0.717) is 11.7 Å². The first-order valence-electron chi connectivity index (χ1n) is 7.37. The molecule has 3 N–H and O–H groups in total. The first-order chi connectivity index (χ1) is 10.6. The smallest absolute Gasteiger partial charge is 0.240 e. The van der Waals surface area contributed by atoms with E-state index in [1.807, 2.05) is 23.1 Å². The molecule has 7 heteroatoms. The first-order valence-corrected chi connectivity index (χ1v) is 7.78. The lowest BCUT2D eigenvalue weighted by Gasteiger charge is -2.35. The number of thiocarbonyl (C=S) groups is 1. The lowest BCUT2D eigenvalue weighted by atomic mass is 10.0. The Balaban J connectivity index is 1.60. The summed E-state index contributed by atoms with van der Waals surface area (Å²) in [7, 11) is 0. The average Bonchev–Trinajstić information content (AvgIpc) is 3.00. The van der Waals surface area contributed by atoms with Gasteiger partial charge in [-0.3, -0.25) is 4.79 Å². The van der Waals surface area contributed by atoms with Crippen LogP contribution in [0.5, 0.6) is 11.5 Å². The van der Waals surface area contributed by atoms with Gasteiger partial charge in [-0.05, 0) is 49.2 Å². The Hall–Kier alpha value is -2.02. The number of benzene rings is 1. The number of amides is 1. The Morgan fingerprint density at radius 1 is 1.36 bits per heavy atom. The molecule has 2 aliphatic heterocycles. The normalized spacial score (nSPS) is 19.8. The van der Waals surface area contributed by atoms with Gasteiger partial charge in [0.1, 0.15) is 6.04 Å². The predicted molar refractivity (Wildman–Crippen MR) is 85.5 cm³/mol. The summed E-state index contributed by atoms with van der Waals surface area (Å²) in [5.41, 5.74) is 6.51. The highest BCUT2D eigenvalue weighted by Gasteiger charge is 2.28. The monoisotopic (exact) mass is 321 g/mol. The average molecular weight is 321 g/mol. The maximum absolute atomic E-state index is 11.5. The number of primary amides is 1. The molecular weight excluding hydrogens is 302 g/mol. The fourth-order valence-electron chi connectivity index (χ4n) is 2.80. The molecule has 3 rings (SSSR count). The second-order valence-corrected chi connectivity index (χ2v) is 5.84. The van der Waals surface area contributed by atoms with E-state index in [2.05, 4.69) is 5.32 Å². The number of ether oxygens (including phenoxy) is 2. The molecule has 1 atom stereocenters. The zero-order valence-electron chi connectivity index (χ0n) is 12.2. The summed E-state index contributed by atoms with van der Waals surface area (Å²) in [5.74, 6) is 1.20. The van der Waals surface area contributed by atoms with Gasteiger partial charge in [-0.15, -0.1) is 0 Å². The molecule has 0 unspecified atom stereocenters. The van der Waals surface area contributed by atoms with Gasteiger partial charge in [0.05, 0.1) is 0 Å². The molecular formula is C15H19N3O3S. The molecule has 2 heterocycles. The summed E-state index contributed by atoms with van der Waals surface area (Å²) in [6.07, 6.45) is 2.80. The zero-order valence-corrected chi connectivity index (χ0v) is 13.0. The van der Waals surface area contributed by atoms with E-state index in [-0.39, 0.29) is 18.7 Å². The number of nitrogens with one attached hydrogen (secondary N) is 1. The fraction of sp³-hybridized carbons (Fsp3) is 0.467. The van der Waals surface area contributed by atoms with Crippen LogP contribution >= 0.6 is 12.2 Å². The van der Waals surface area contributed by atoms with Gasteiger partial charge in [-0.25, -0.2) is 0 Å². The van der Waals surface area contributed by atoms with E-state index in [1.54, 1.807) is 0 Å². The predicted octanol–water partition coefficient (Wildman–Crippen LogP) is 1.13. The molecule has 1 aromatic rings. The number of carbonyl (C=O) groups is 1. The highest BCUT2D eigenvalue weighted by molar-refractivity contribution is 7.80. The van der Waals surface area contributed by atoms with Crippen LogP contribution in [0.1, 0.15) is 24.8 Å². The molecule has 0 bridgehead atoms. The fourth-order valence-corrected chi connectivity index (χ4v) is 3.09. The number of fused-ring (bicyclic) bond motifs is 1. The van der Waals surface area contributed by atoms with Crippen LogP contribution < -0.4 is 20.5 Å². The van der Waals surface area contributed by atoms with Gasteiger partial charge in [-0.1, -0.05) is 6.07 Å². The van der Waals surface area contributed by atoms with E-state index in [4.69, 9.17) is 27.4 Å². The molecule has 6 nitrogen and oxygen atoms in total. The number of hydrogen-bond acceptors (Lipinski definition) is 4. The van der Waals surface area contributed by atoms with Crippen molar-refractivity contribution in [1.29, 1.82) is 0 Å². The standard InChI is InChI=1S/C15H19N3O3S/c16-14(19)11-3-1-2-6-18(11)15(22)17-8-10-4-5-12-13(7-10)21-9-20-12/h4-5,7,11H,1-3,6,8-9H2,(H2,16,19)(H,17,22)/t11-/m1/s1. The topological polar surface area (TPSA) is 76.8 Å². The van der Waals surface area contributed by atoms with Crippen molar-refractivity contribution < 1.29 is 14.3 Å². The third kappa shape index (κ3) is 3.09. The van der Waals surface area contributed by atoms with Gasteiger partial charge >= 0.3 is 0 Å². The quantitative estimate of drug-likeness (QED) is 0.813. The van der Waals surface area contributed by atoms with Crippen molar-refractivity contribution in [2.24, 2.45) is 5.73 Å². The Labute approximate surface area is 134 Å². The molecule has 0 aliphatic carbocycles. The zero-order chi connectivity index (χ0) is 15.5. The molecule has 0 aromatic heterocycles. The van der Waals surface area contributed by atoms with Crippen LogP contribution in [0, 0.1) is 0 Å². The van der Waals surface area contributed by atoms with Crippen molar-refractivity contribution in [2.75, 3.05) is 13.3 Å². The van der Waals surface area contributed by atoms with Gasteiger partial charge in [0.25, 0.3) is 0 Å². The molecule has 1 amide bonds. The van der Waals surface area contributed by atoms with Gasteiger partial charge in [0.15, 0.2) is 16.6 Å². The lowest BCUT2D eigenvalue weighted by molar-refractivity contribution is -0.122. The van der Waals surface area contributed by atoms with Crippen molar-refractivity contribution >= 4 is 23.2 Å². The maximum atomic E-state index is 11.5. The molecule has 22 heavy (non-hydrogen) atoms. The lowest BCUT2D eigenvalue weighted by Crippen LogP contribution is -2.53. The van der Waals surface area contributed by atoms with Crippen molar-refractivity contribution in [2.45, 2.75) is 31.8 Å². The summed E-state index contributed by atoms with van der Waals surface area (Å²) in [6.45, 7) is 1.59. The van der Waals surface area contributed by atoms with E-state index >= 15 is 0 Å². The van der Waals surface area contributed by atoms with Crippen molar-refractivity contribution in [3.63, 3.8) is 0 Å². The molecule has 0 saturated carbocycles. The van der Waals surface area contributed by atoms with Crippen LogP contribution in [0.15, 0.2) is 18.2 Å². The first kappa shape index (κ1) is 14.9. The van der Waals surface area contributed by atoms with Crippen molar-refractivity contribution in [1.82, 2.24) is 10.2 Å². The molecule has 0 spiro atoms. The molecule has 1 saturated heterocycles. The third-order valence-electron chi connectivity index (χ3n) is 3.97. The van der Waals surface area contributed by atoms with Crippen LogP contribution in [0.3, 0.4) is 0 Å². The number of hydrogen-bond donors (Lipinski definition) is 2. The molecule has 1 aromatic carbocycles. The SMILES string of the molecule is NC(=O)[C@H]1CCCCN1C(=S)NCc1ccc2c(c1)OCO2. The number of nitrogens with two attached hydrogens (primary N) is 1. The minimum Gasteiger partial charge on any atom is -0.454 e. The molecule has 2 aliphatic rings. The Morgan fingerprint density at radius 3 is 3.00 bits per heavy atom. The van der Waals surface area contributed by atoms with Crippen molar-refractivity contribution in [3.05, 3.63) is 23.8 Å². The minimum atomic E-state index is -0.313. The number of piperidine rings is 1. The van der Waals surface area contributed by atoms with E-state index < -0.39 is 0 Å². The third-order valence-corrected chi connectivity index (χ3v) is 4.35. The largest absolute Gasteiger partial charge is 0.454 e. The highest BCUT2D eigenvalue weighted by atomic mass is 32.1. The van der Waals surface area contributed by atoms with Crippen LogP contribution in [-0.2, 0) is 11.3 Å². The maximum Gasteiger partial charge on any atom is 0.240 e. The summed E-state index contributed by atoms with van der Waals surface area (Å²) in [4.78, 5) is 13.4. The van der Waals surface area contributed by atoms with E-state index in [0.717, 1.165) is 42.9 Å². The summed E-state index contributed by atoms with van der Waals surface area (Å²) >= 11 is 5.42. The van der Waals surface area contributed by atoms with Crippen molar-refractivity contribution in [3.8, 4) is 11.5 Å². The highest BCUT2D eigenvalue weighted by Crippen LogP contribution is 2.32. The van der Waals surface area contributed by atoms with Crippen LogP contribution in [-0.4, -0.2) is 35.3 Å². The molecule has 0 radical (unpaired) electrons. The van der Waals surface area contributed by atoms with Gasteiger partial charge in [0, 0.05) is 13.1 Å². The Morgan fingerprint density at radius 2 is 2.18 bits per heavy atom. The number of likely N-dealkylation sites (tertiary alicyclic amines) is 1. The van der Waals surface area contributed by atoms with Gasteiger partial charge in [0.2, 0.25) is 12.7 Å².